The maximum atomic E-state index is 13.0. The van der Waals surface area contributed by atoms with Gasteiger partial charge in [0.05, 0.1) is 5.69 Å². The molecule has 2 bridgehead atoms. The summed E-state index contributed by atoms with van der Waals surface area (Å²) in [6.45, 7) is 2.00. The highest BCUT2D eigenvalue weighted by atomic mass is 19.1. The highest BCUT2D eigenvalue weighted by Gasteiger charge is 2.37. The maximum Gasteiger partial charge on any atom is 0.290 e. The molecule has 2 aromatic rings. The van der Waals surface area contributed by atoms with Gasteiger partial charge in [0, 0.05) is 24.2 Å². The lowest BCUT2D eigenvalue weighted by atomic mass is 10.1. The van der Waals surface area contributed by atoms with Crippen LogP contribution in [0, 0.1) is 5.82 Å². The Morgan fingerprint density at radius 2 is 1.77 bits per heavy atom. The molecule has 0 radical (unpaired) electrons. The largest absolute Gasteiger partial charge is 0.483 e. The lowest BCUT2D eigenvalue weighted by Gasteiger charge is -2.29. The van der Waals surface area contributed by atoms with Gasteiger partial charge in [-0.05, 0) is 69.3 Å². The number of hydrogen-bond donors (Lipinski definition) is 1. The van der Waals surface area contributed by atoms with E-state index in [0.717, 1.165) is 30.2 Å². The van der Waals surface area contributed by atoms with E-state index in [1.54, 1.807) is 12.1 Å². The predicted octanol–water partition coefficient (Wildman–Crippen LogP) is 2.66. The van der Waals surface area contributed by atoms with E-state index in [-0.39, 0.29) is 12.3 Å². The Balaban J connectivity index is 0.000000613. The van der Waals surface area contributed by atoms with Crippen molar-refractivity contribution in [2.75, 3.05) is 25.0 Å². The number of carbonyl (C=O) groups is 1. The summed E-state index contributed by atoms with van der Waals surface area (Å²) >= 11 is 0. The second-order valence-corrected chi connectivity index (χ2v) is 6.73. The SMILES string of the molecule is CN1CC[C@H]2CC[C@@H](C1)N2c1ccc(-c2ccc(F)cc2)nn1.O=CO. The molecule has 4 rings (SSSR count). The van der Waals surface area contributed by atoms with Crippen molar-refractivity contribution in [3.63, 3.8) is 0 Å². The molecule has 7 heteroatoms. The third-order valence-corrected chi connectivity index (χ3v) is 5.04. The van der Waals surface area contributed by atoms with Crippen LogP contribution in [0.4, 0.5) is 10.2 Å². The summed E-state index contributed by atoms with van der Waals surface area (Å²) in [5.41, 5.74) is 1.68. The minimum absolute atomic E-state index is 0.233. The van der Waals surface area contributed by atoms with Gasteiger partial charge in [0.25, 0.3) is 6.47 Å². The van der Waals surface area contributed by atoms with Gasteiger partial charge in [-0.2, -0.15) is 0 Å². The van der Waals surface area contributed by atoms with E-state index < -0.39 is 0 Å². The van der Waals surface area contributed by atoms with Crippen molar-refractivity contribution in [1.29, 1.82) is 0 Å². The summed E-state index contributed by atoms with van der Waals surface area (Å²) in [5.74, 6) is 0.738. The number of rotatable bonds is 2. The molecule has 1 aromatic heterocycles. The van der Waals surface area contributed by atoms with Crippen molar-refractivity contribution in [2.45, 2.75) is 31.3 Å². The van der Waals surface area contributed by atoms with Crippen molar-refractivity contribution in [3.05, 3.63) is 42.2 Å². The van der Waals surface area contributed by atoms with Gasteiger partial charge in [-0.3, -0.25) is 4.79 Å². The second kappa shape index (κ2) is 8.23. The number of halogens is 1. The third kappa shape index (κ3) is 3.99. The van der Waals surface area contributed by atoms with Crippen LogP contribution in [0.2, 0.25) is 0 Å². The summed E-state index contributed by atoms with van der Waals surface area (Å²) in [6.07, 6.45) is 3.67. The fourth-order valence-corrected chi connectivity index (χ4v) is 3.86. The number of nitrogens with zero attached hydrogens (tertiary/aromatic N) is 4. The molecule has 0 spiro atoms. The molecule has 6 nitrogen and oxygen atoms in total. The summed E-state index contributed by atoms with van der Waals surface area (Å²) in [7, 11) is 2.20. The summed E-state index contributed by atoms with van der Waals surface area (Å²) < 4.78 is 13.0. The molecule has 2 aliphatic rings. The van der Waals surface area contributed by atoms with E-state index in [2.05, 4.69) is 33.1 Å². The normalized spacial score (nSPS) is 22.3. The van der Waals surface area contributed by atoms with Crippen molar-refractivity contribution in [1.82, 2.24) is 15.1 Å². The lowest BCUT2D eigenvalue weighted by molar-refractivity contribution is -0.122. The van der Waals surface area contributed by atoms with E-state index in [1.165, 1.54) is 31.4 Å². The Labute approximate surface area is 152 Å². The smallest absolute Gasteiger partial charge is 0.290 e. The monoisotopic (exact) mass is 358 g/mol. The lowest BCUT2D eigenvalue weighted by Crippen LogP contribution is -2.39. The molecular formula is C19H23FN4O2. The number of likely N-dealkylation sites (N-methyl/N-ethyl adjacent to an activating group) is 1. The molecular weight excluding hydrogens is 335 g/mol. The van der Waals surface area contributed by atoms with Gasteiger partial charge in [0.15, 0.2) is 5.82 Å². The highest BCUT2D eigenvalue weighted by molar-refractivity contribution is 5.60. The number of likely N-dealkylation sites (tertiary alicyclic amines) is 1. The van der Waals surface area contributed by atoms with Crippen LogP contribution in [0.15, 0.2) is 36.4 Å². The summed E-state index contributed by atoms with van der Waals surface area (Å²) in [5, 5.41) is 15.7. The molecule has 0 unspecified atom stereocenters. The van der Waals surface area contributed by atoms with Gasteiger partial charge in [0.1, 0.15) is 5.82 Å². The highest BCUT2D eigenvalue weighted by Crippen LogP contribution is 2.33. The molecule has 2 fully saturated rings. The number of hydrogen-bond acceptors (Lipinski definition) is 5. The summed E-state index contributed by atoms with van der Waals surface area (Å²) in [6, 6.07) is 11.6. The molecule has 1 N–H and O–H groups in total. The van der Waals surface area contributed by atoms with Gasteiger partial charge < -0.3 is 14.9 Å². The molecule has 2 aliphatic heterocycles. The van der Waals surface area contributed by atoms with Crippen LogP contribution in [0.3, 0.4) is 0 Å². The molecule has 0 saturated carbocycles. The van der Waals surface area contributed by atoms with Gasteiger partial charge >= 0.3 is 0 Å². The molecule has 3 heterocycles. The van der Waals surface area contributed by atoms with Gasteiger partial charge in [0.2, 0.25) is 0 Å². The predicted molar refractivity (Wildman–Crippen MR) is 97.5 cm³/mol. The van der Waals surface area contributed by atoms with Crippen molar-refractivity contribution < 1.29 is 14.3 Å². The third-order valence-electron chi connectivity index (χ3n) is 5.04. The molecule has 0 aliphatic carbocycles. The molecule has 138 valence electrons. The first-order valence-electron chi connectivity index (χ1n) is 8.76. The number of anilines is 1. The second-order valence-electron chi connectivity index (χ2n) is 6.73. The Hall–Kier alpha value is -2.54. The van der Waals surface area contributed by atoms with Crippen molar-refractivity contribution in [3.8, 4) is 11.3 Å². The first-order valence-corrected chi connectivity index (χ1v) is 8.76. The van der Waals surface area contributed by atoms with Crippen molar-refractivity contribution >= 4 is 12.3 Å². The van der Waals surface area contributed by atoms with E-state index in [0.29, 0.717) is 12.1 Å². The van der Waals surface area contributed by atoms with Crippen LogP contribution in [-0.2, 0) is 4.79 Å². The Bertz CT molecular complexity index is 723. The van der Waals surface area contributed by atoms with E-state index in [4.69, 9.17) is 9.90 Å². The fourth-order valence-electron chi connectivity index (χ4n) is 3.86. The van der Waals surface area contributed by atoms with Crippen LogP contribution in [0.25, 0.3) is 11.3 Å². The minimum atomic E-state index is -0.250. The Morgan fingerprint density at radius 1 is 1.08 bits per heavy atom. The zero-order chi connectivity index (χ0) is 18.5. The average molecular weight is 358 g/mol. The van der Waals surface area contributed by atoms with Gasteiger partial charge in [-0.15, -0.1) is 10.2 Å². The van der Waals surface area contributed by atoms with E-state index >= 15 is 0 Å². The number of aromatic nitrogens is 2. The van der Waals surface area contributed by atoms with Crippen LogP contribution < -0.4 is 4.90 Å². The minimum Gasteiger partial charge on any atom is -0.483 e. The standard InChI is InChI=1S/C18H21FN4.CH2O2/c1-22-11-10-15-6-7-16(12-22)23(15)18-9-8-17(20-21-18)13-2-4-14(19)5-3-13;2-1-3/h2-5,8-9,15-16H,6-7,10-12H2,1H3;1H,(H,2,3)/t15-,16+;/m1./s1. The van der Waals surface area contributed by atoms with Crippen LogP contribution in [0.5, 0.6) is 0 Å². The zero-order valence-electron chi connectivity index (χ0n) is 14.8. The molecule has 26 heavy (non-hydrogen) atoms. The van der Waals surface area contributed by atoms with Gasteiger partial charge in [-0.1, -0.05) is 0 Å². The maximum absolute atomic E-state index is 13.0. The van der Waals surface area contributed by atoms with Crippen LogP contribution >= 0.6 is 0 Å². The van der Waals surface area contributed by atoms with Crippen LogP contribution in [-0.4, -0.2) is 58.9 Å². The molecule has 2 atom stereocenters. The zero-order valence-corrected chi connectivity index (χ0v) is 14.8. The first kappa shape index (κ1) is 18.3. The quantitative estimate of drug-likeness (QED) is 0.833. The Kier molecular flexibility index (Phi) is 5.78. The van der Waals surface area contributed by atoms with E-state index in [9.17, 15) is 4.39 Å². The number of benzene rings is 1. The molecule has 1 aromatic carbocycles. The van der Waals surface area contributed by atoms with Crippen molar-refractivity contribution in [2.24, 2.45) is 0 Å². The Morgan fingerprint density at radius 3 is 2.42 bits per heavy atom. The molecule has 2 saturated heterocycles. The summed E-state index contributed by atoms with van der Waals surface area (Å²) in [4.78, 5) is 13.2. The van der Waals surface area contributed by atoms with E-state index in [1.807, 2.05) is 6.07 Å². The van der Waals surface area contributed by atoms with Crippen LogP contribution in [0.1, 0.15) is 19.3 Å². The first-order chi connectivity index (χ1) is 12.6. The molecule has 0 amide bonds. The number of carboxylic acid groups (broad SMARTS) is 1. The number of fused-ring (bicyclic) bond motifs is 2. The average Bonchev–Trinajstić information content (AvgIpc) is 2.95. The van der Waals surface area contributed by atoms with Gasteiger partial charge in [-0.25, -0.2) is 4.39 Å². The topological polar surface area (TPSA) is 69.6 Å². The fraction of sp³-hybridized carbons (Fsp3) is 0.421.